The molecule has 0 atom stereocenters. The minimum Gasteiger partial charge on any atom is -0.479 e. The molecule has 0 spiro atoms. The van der Waals surface area contributed by atoms with Crippen molar-refractivity contribution in [3.8, 4) is 0 Å². The Hall–Kier alpha value is -2.41. The van der Waals surface area contributed by atoms with Crippen LogP contribution in [0.1, 0.15) is 35.7 Å². The first-order chi connectivity index (χ1) is 11.8. The summed E-state index contributed by atoms with van der Waals surface area (Å²) < 4.78 is 5.18. The van der Waals surface area contributed by atoms with Crippen molar-refractivity contribution in [2.24, 2.45) is 0 Å². The topological polar surface area (TPSA) is 87.2 Å². The van der Waals surface area contributed by atoms with Crippen LogP contribution in [0.4, 0.5) is 5.69 Å². The van der Waals surface area contributed by atoms with Crippen LogP contribution in [0.25, 0.3) is 0 Å². The lowest BCUT2D eigenvalue weighted by Gasteiger charge is -2.48. The summed E-state index contributed by atoms with van der Waals surface area (Å²) in [6.45, 7) is 2.12. The molecular weight excluding hydrogens is 324 g/mol. The molecule has 1 N–H and O–H groups in total. The molecule has 2 amide bonds. The first kappa shape index (κ1) is 17.4. The molecule has 1 heterocycles. The number of aliphatic carboxylic acids is 1. The minimum atomic E-state index is -1.22. The quantitative estimate of drug-likeness (QED) is 0.888. The van der Waals surface area contributed by atoms with Crippen LogP contribution in [0.5, 0.6) is 0 Å². The molecule has 7 heteroatoms. The minimum absolute atomic E-state index is 0.0279. The zero-order valence-corrected chi connectivity index (χ0v) is 14.6. The van der Waals surface area contributed by atoms with Crippen LogP contribution in [-0.4, -0.2) is 60.1 Å². The average molecular weight is 346 g/mol. The van der Waals surface area contributed by atoms with Gasteiger partial charge in [0.25, 0.3) is 5.91 Å². The number of carbonyl (C=O) groups is 3. The van der Waals surface area contributed by atoms with E-state index in [-0.39, 0.29) is 30.8 Å². The van der Waals surface area contributed by atoms with E-state index < -0.39 is 11.5 Å². The monoisotopic (exact) mass is 346 g/mol. The number of anilines is 1. The summed E-state index contributed by atoms with van der Waals surface area (Å²) in [6, 6.07) is 5.18. The van der Waals surface area contributed by atoms with Crippen LogP contribution < -0.4 is 4.90 Å². The van der Waals surface area contributed by atoms with Gasteiger partial charge in [-0.2, -0.15) is 0 Å². The molecule has 3 rings (SSSR count). The van der Waals surface area contributed by atoms with Gasteiger partial charge in [-0.1, -0.05) is 0 Å². The number of carbonyl (C=O) groups excluding carboxylic acids is 2. The van der Waals surface area contributed by atoms with Crippen LogP contribution in [0.15, 0.2) is 18.2 Å². The number of methoxy groups -OCH3 is 1. The molecule has 1 aromatic carbocycles. The summed E-state index contributed by atoms with van der Waals surface area (Å²) in [4.78, 5) is 39.2. The van der Waals surface area contributed by atoms with Gasteiger partial charge in [-0.25, -0.2) is 4.79 Å². The number of fused-ring (bicyclic) bond motifs is 1. The molecule has 134 valence electrons. The molecule has 0 radical (unpaired) electrons. The third-order valence-electron chi connectivity index (χ3n) is 5.41. The fourth-order valence-electron chi connectivity index (χ4n) is 3.70. The highest BCUT2D eigenvalue weighted by atomic mass is 16.5. The van der Waals surface area contributed by atoms with E-state index in [1.165, 1.54) is 18.9 Å². The molecule has 0 bridgehead atoms. The summed E-state index contributed by atoms with van der Waals surface area (Å²) in [5, 5.41) is 9.62. The van der Waals surface area contributed by atoms with Gasteiger partial charge in [0, 0.05) is 51.7 Å². The van der Waals surface area contributed by atoms with Gasteiger partial charge in [0.15, 0.2) is 0 Å². The van der Waals surface area contributed by atoms with Crippen molar-refractivity contribution in [3.63, 3.8) is 0 Å². The number of benzene rings is 1. The smallest absolute Gasteiger partial charge is 0.329 e. The van der Waals surface area contributed by atoms with Crippen molar-refractivity contribution in [1.29, 1.82) is 0 Å². The lowest BCUT2D eigenvalue weighted by molar-refractivity contribution is -0.165. The van der Waals surface area contributed by atoms with E-state index >= 15 is 0 Å². The van der Waals surface area contributed by atoms with Crippen molar-refractivity contribution in [1.82, 2.24) is 4.90 Å². The van der Waals surface area contributed by atoms with Gasteiger partial charge in [0.2, 0.25) is 5.91 Å². The van der Waals surface area contributed by atoms with Gasteiger partial charge in [-0.3, -0.25) is 9.59 Å². The number of nitrogens with zero attached hydrogens (tertiary/aromatic N) is 2. The van der Waals surface area contributed by atoms with Crippen molar-refractivity contribution < 1.29 is 24.2 Å². The highest BCUT2D eigenvalue weighted by molar-refractivity contribution is 6.00. The Kier molecular flexibility index (Phi) is 4.28. The number of carboxylic acid groups (broad SMARTS) is 1. The highest BCUT2D eigenvalue weighted by Crippen LogP contribution is 2.40. The third-order valence-corrected chi connectivity index (χ3v) is 5.41. The van der Waals surface area contributed by atoms with Crippen LogP contribution in [0, 0.1) is 0 Å². The summed E-state index contributed by atoms with van der Waals surface area (Å²) in [5.74, 6) is -1.37. The lowest BCUT2D eigenvalue weighted by Crippen LogP contribution is -2.64. The van der Waals surface area contributed by atoms with E-state index in [2.05, 4.69) is 0 Å². The van der Waals surface area contributed by atoms with Crippen LogP contribution >= 0.6 is 0 Å². The standard InChI is InChI=1S/C18H22N2O5/c1-11(21)20-7-6-12-8-13(4-5-15(12)20)16(22)19(2)18(17(23)24)9-14(10-18)25-3/h4-5,8,14H,6-7,9-10H2,1-3H3,(H,23,24). The first-order valence-corrected chi connectivity index (χ1v) is 8.25. The molecule has 1 saturated carbocycles. The number of amides is 2. The number of carboxylic acids is 1. The summed E-state index contributed by atoms with van der Waals surface area (Å²) in [5.41, 5.74) is 0.973. The molecule has 1 aliphatic carbocycles. The molecule has 0 unspecified atom stereocenters. The number of hydrogen-bond acceptors (Lipinski definition) is 4. The maximum Gasteiger partial charge on any atom is 0.329 e. The Morgan fingerprint density at radius 2 is 2.00 bits per heavy atom. The number of hydrogen-bond donors (Lipinski definition) is 1. The summed E-state index contributed by atoms with van der Waals surface area (Å²) in [7, 11) is 3.07. The third kappa shape index (κ3) is 2.68. The molecule has 1 fully saturated rings. The maximum atomic E-state index is 12.8. The van der Waals surface area contributed by atoms with Gasteiger partial charge in [0.05, 0.1) is 6.10 Å². The van der Waals surface area contributed by atoms with Gasteiger partial charge in [-0.15, -0.1) is 0 Å². The fraction of sp³-hybridized carbons (Fsp3) is 0.500. The lowest BCUT2D eigenvalue weighted by atomic mass is 9.72. The van der Waals surface area contributed by atoms with Gasteiger partial charge < -0.3 is 19.6 Å². The SMILES string of the molecule is COC1CC(C(=O)O)(N(C)C(=O)c2ccc3c(c2)CCN3C(C)=O)C1. The second-order valence-electron chi connectivity index (χ2n) is 6.73. The average Bonchev–Trinajstić information content (AvgIpc) is 2.96. The fourth-order valence-corrected chi connectivity index (χ4v) is 3.70. The molecule has 0 saturated heterocycles. The van der Waals surface area contributed by atoms with Crippen LogP contribution in [0.3, 0.4) is 0 Å². The predicted molar refractivity (Wildman–Crippen MR) is 90.7 cm³/mol. The number of likely N-dealkylation sites (N-methyl/N-ethyl adjacent to an activating group) is 1. The second kappa shape index (κ2) is 6.15. The van der Waals surface area contributed by atoms with E-state index in [1.54, 1.807) is 30.2 Å². The molecule has 2 aliphatic rings. The van der Waals surface area contributed by atoms with E-state index in [9.17, 15) is 19.5 Å². The Balaban J connectivity index is 1.84. The Bertz CT molecular complexity index is 739. The van der Waals surface area contributed by atoms with Crippen molar-refractivity contribution in [2.45, 2.75) is 37.8 Å². The summed E-state index contributed by atoms with van der Waals surface area (Å²) >= 11 is 0. The first-order valence-electron chi connectivity index (χ1n) is 8.25. The van der Waals surface area contributed by atoms with Crippen molar-refractivity contribution in [2.75, 3.05) is 25.6 Å². The van der Waals surface area contributed by atoms with Crippen molar-refractivity contribution >= 4 is 23.5 Å². The maximum absolute atomic E-state index is 12.8. The van der Waals surface area contributed by atoms with E-state index in [1.807, 2.05) is 0 Å². The van der Waals surface area contributed by atoms with Gasteiger partial charge >= 0.3 is 5.97 Å². The van der Waals surface area contributed by atoms with Crippen molar-refractivity contribution in [3.05, 3.63) is 29.3 Å². The number of ether oxygens (including phenoxy) is 1. The molecule has 1 aromatic rings. The summed E-state index contributed by atoms with van der Waals surface area (Å²) in [6.07, 6.45) is 1.11. The van der Waals surface area contributed by atoms with E-state index in [0.29, 0.717) is 18.5 Å². The normalized spacial score (nSPS) is 24.4. The van der Waals surface area contributed by atoms with Gasteiger partial charge in [0.1, 0.15) is 5.54 Å². The second-order valence-corrected chi connectivity index (χ2v) is 6.73. The highest BCUT2D eigenvalue weighted by Gasteiger charge is 2.55. The largest absolute Gasteiger partial charge is 0.479 e. The molecule has 0 aromatic heterocycles. The Morgan fingerprint density at radius 1 is 1.32 bits per heavy atom. The predicted octanol–water partition coefficient (Wildman–Crippen LogP) is 1.30. The Morgan fingerprint density at radius 3 is 2.56 bits per heavy atom. The van der Waals surface area contributed by atoms with Crippen LogP contribution in [0.2, 0.25) is 0 Å². The molecule has 25 heavy (non-hydrogen) atoms. The van der Waals surface area contributed by atoms with E-state index in [0.717, 1.165) is 11.3 Å². The van der Waals surface area contributed by atoms with Gasteiger partial charge in [-0.05, 0) is 30.2 Å². The zero-order valence-electron chi connectivity index (χ0n) is 14.6. The molecule has 1 aliphatic heterocycles. The van der Waals surface area contributed by atoms with Crippen LogP contribution in [-0.2, 0) is 20.7 Å². The number of rotatable bonds is 4. The molecule has 7 nitrogen and oxygen atoms in total. The molecular formula is C18H22N2O5. The zero-order chi connectivity index (χ0) is 18.4. The van der Waals surface area contributed by atoms with E-state index in [4.69, 9.17) is 4.74 Å². The Labute approximate surface area is 146 Å².